The summed E-state index contributed by atoms with van der Waals surface area (Å²) in [5.74, 6) is -1.19. The number of carbonyl (C=O) groups excluding carboxylic acids is 2. The average molecular weight is 369 g/mol. The number of aromatic nitrogens is 3. The van der Waals surface area contributed by atoms with Crippen molar-refractivity contribution in [1.29, 1.82) is 0 Å². The Morgan fingerprint density at radius 2 is 2.23 bits per heavy atom. The van der Waals surface area contributed by atoms with E-state index >= 15 is 0 Å². The highest BCUT2D eigenvalue weighted by Crippen LogP contribution is 2.25. The van der Waals surface area contributed by atoms with Crippen LogP contribution in [0.15, 0.2) is 24.3 Å². The maximum atomic E-state index is 12.2. The molecule has 1 aliphatic heterocycles. The number of alkyl halides is 3. The lowest BCUT2D eigenvalue weighted by atomic mass is 10.0. The number of ether oxygens (including phenoxy) is 1. The third kappa shape index (κ3) is 4.29. The minimum atomic E-state index is -4.82. The van der Waals surface area contributed by atoms with Gasteiger partial charge in [-0.2, -0.15) is 10.1 Å². The summed E-state index contributed by atoms with van der Waals surface area (Å²) in [7, 11) is 0. The minimum absolute atomic E-state index is 0.130. The van der Waals surface area contributed by atoms with Crippen molar-refractivity contribution in [2.75, 3.05) is 10.6 Å². The monoisotopic (exact) mass is 369 g/mol. The van der Waals surface area contributed by atoms with Gasteiger partial charge in [-0.15, -0.1) is 13.2 Å². The number of fused-ring (bicyclic) bond motifs is 1. The Morgan fingerprint density at radius 3 is 2.96 bits per heavy atom. The Balaban J connectivity index is 1.62. The number of halogens is 3. The summed E-state index contributed by atoms with van der Waals surface area (Å²) in [6.07, 6.45) is -4.98. The standard InChI is InChI=1S/C15H14F3N5O3/c1-8-19-14-21-13(25)9(7-23(14)22-8)5-12(24)20-10-3-2-4-11(6-10)26-15(16,17)18/h2-4,6,9H,5,7H2,1H3,(H,20,24)(H,19,21,22,25)/t9-/m1/s1. The Morgan fingerprint density at radius 1 is 1.46 bits per heavy atom. The molecule has 0 saturated carbocycles. The quantitative estimate of drug-likeness (QED) is 0.860. The van der Waals surface area contributed by atoms with Crippen LogP contribution in [0.4, 0.5) is 24.8 Å². The third-order valence-electron chi connectivity index (χ3n) is 3.56. The molecule has 1 aromatic carbocycles. The molecule has 0 saturated heterocycles. The first-order valence-corrected chi connectivity index (χ1v) is 7.57. The molecular weight excluding hydrogens is 355 g/mol. The van der Waals surface area contributed by atoms with Crippen molar-refractivity contribution in [3.05, 3.63) is 30.1 Å². The number of nitrogens with one attached hydrogen (secondary N) is 2. The van der Waals surface area contributed by atoms with Crippen molar-refractivity contribution in [2.24, 2.45) is 5.92 Å². The molecule has 2 heterocycles. The third-order valence-corrected chi connectivity index (χ3v) is 3.56. The number of anilines is 2. The molecule has 1 atom stereocenters. The maximum Gasteiger partial charge on any atom is 0.573 e. The number of nitrogens with zero attached hydrogens (tertiary/aromatic N) is 3. The van der Waals surface area contributed by atoms with Crippen LogP contribution in [0.3, 0.4) is 0 Å². The van der Waals surface area contributed by atoms with Gasteiger partial charge in [0.2, 0.25) is 17.8 Å². The van der Waals surface area contributed by atoms with Gasteiger partial charge in [0.25, 0.3) is 0 Å². The van der Waals surface area contributed by atoms with Crippen molar-refractivity contribution in [3.63, 3.8) is 0 Å². The molecule has 8 nitrogen and oxygen atoms in total. The van der Waals surface area contributed by atoms with Crippen LogP contribution in [0.1, 0.15) is 12.2 Å². The highest BCUT2D eigenvalue weighted by atomic mass is 19.4. The van der Waals surface area contributed by atoms with Gasteiger partial charge in [-0.05, 0) is 19.1 Å². The zero-order valence-electron chi connectivity index (χ0n) is 13.5. The van der Waals surface area contributed by atoms with Crippen LogP contribution < -0.4 is 15.4 Å². The van der Waals surface area contributed by atoms with Crippen LogP contribution in [0, 0.1) is 12.8 Å². The van der Waals surface area contributed by atoms with E-state index in [4.69, 9.17) is 0 Å². The van der Waals surface area contributed by atoms with Gasteiger partial charge in [0.05, 0.1) is 12.5 Å². The Labute approximate surface area is 145 Å². The normalized spacial score (nSPS) is 16.6. The molecule has 2 amide bonds. The fourth-order valence-electron chi connectivity index (χ4n) is 2.54. The number of hydrogen-bond acceptors (Lipinski definition) is 5. The van der Waals surface area contributed by atoms with Gasteiger partial charge in [0, 0.05) is 18.2 Å². The molecule has 0 aliphatic carbocycles. The van der Waals surface area contributed by atoms with E-state index in [-0.39, 0.29) is 24.6 Å². The summed E-state index contributed by atoms with van der Waals surface area (Å²) in [4.78, 5) is 28.2. The second-order valence-corrected chi connectivity index (χ2v) is 5.68. The van der Waals surface area contributed by atoms with Gasteiger partial charge in [-0.3, -0.25) is 14.9 Å². The first-order valence-electron chi connectivity index (χ1n) is 7.57. The molecule has 0 fully saturated rings. The fraction of sp³-hybridized carbons (Fsp3) is 0.333. The van der Waals surface area contributed by atoms with E-state index < -0.39 is 23.9 Å². The van der Waals surface area contributed by atoms with Crippen LogP contribution in [0.25, 0.3) is 0 Å². The number of benzene rings is 1. The highest BCUT2D eigenvalue weighted by Gasteiger charge is 2.32. The van der Waals surface area contributed by atoms with Crippen molar-refractivity contribution in [1.82, 2.24) is 14.8 Å². The van der Waals surface area contributed by atoms with E-state index in [0.29, 0.717) is 11.8 Å². The molecule has 0 spiro atoms. The summed E-state index contributed by atoms with van der Waals surface area (Å²) in [6.45, 7) is 1.86. The molecule has 0 unspecified atom stereocenters. The summed E-state index contributed by atoms with van der Waals surface area (Å²) in [6, 6.07) is 4.90. The summed E-state index contributed by atoms with van der Waals surface area (Å²) >= 11 is 0. The first kappa shape index (κ1) is 17.7. The van der Waals surface area contributed by atoms with E-state index in [1.165, 1.54) is 16.8 Å². The zero-order chi connectivity index (χ0) is 18.9. The number of aryl methyl sites for hydroxylation is 1. The first-order chi connectivity index (χ1) is 12.2. The lowest BCUT2D eigenvalue weighted by Crippen LogP contribution is -2.36. The largest absolute Gasteiger partial charge is 0.573 e. The van der Waals surface area contributed by atoms with Crippen molar-refractivity contribution in [3.8, 4) is 5.75 Å². The van der Waals surface area contributed by atoms with Gasteiger partial charge in [0.1, 0.15) is 11.6 Å². The predicted molar refractivity (Wildman–Crippen MR) is 83.3 cm³/mol. The Hall–Kier alpha value is -3.11. The van der Waals surface area contributed by atoms with E-state index in [1.54, 1.807) is 6.92 Å². The lowest BCUT2D eigenvalue weighted by Gasteiger charge is -2.21. The molecular formula is C15H14F3N5O3. The smallest absolute Gasteiger partial charge is 0.406 e. The van der Waals surface area contributed by atoms with Gasteiger partial charge < -0.3 is 10.1 Å². The average Bonchev–Trinajstić information content (AvgIpc) is 2.85. The van der Waals surface area contributed by atoms with E-state index in [9.17, 15) is 22.8 Å². The number of carbonyl (C=O) groups is 2. The molecule has 2 N–H and O–H groups in total. The molecule has 11 heteroatoms. The van der Waals surface area contributed by atoms with Gasteiger partial charge in [0.15, 0.2) is 0 Å². The van der Waals surface area contributed by atoms with Crippen LogP contribution in [-0.2, 0) is 16.1 Å². The molecule has 1 aliphatic rings. The molecule has 0 radical (unpaired) electrons. The van der Waals surface area contributed by atoms with Gasteiger partial charge in [-0.25, -0.2) is 4.68 Å². The maximum absolute atomic E-state index is 12.2. The van der Waals surface area contributed by atoms with E-state index in [2.05, 4.69) is 25.5 Å². The molecule has 3 rings (SSSR count). The topological polar surface area (TPSA) is 98.1 Å². The molecule has 0 bridgehead atoms. The van der Waals surface area contributed by atoms with Crippen LogP contribution in [-0.4, -0.2) is 32.9 Å². The SMILES string of the molecule is Cc1nc2n(n1)C[C@@H](CC(=O)Nc1cccc(OC(F)(F)F)c1)C(=O)N2. The number of hydrogen-bond donors (Lipinski definition) is 2. The van der Waals surface area contributed by atoms with Gasteiger partial charge in [-0.1, -0.05) is 6.07 Å². The number of amides is 2. The summed E-state index contributed by atoms with van der Waals surface area (Å²) in [5, 5.41) is 9.12. The van der Waals surface area contributed by atoms with Crippen molar-refractivity contribution < 1.29 is 27.5 Å². The molecule has 138 valence electrons. The predicted octanol–water partition coefficient (Wildman–Crippen LogP) is 2.08. The van der Waals surface area contributed by atoms with Gasteiger partial charge >= 0.3 is 6.36 Å². The van der Waals surface area contributed by atoms with E-state index in [0.717, 1.165) is 12.1 Å². The van der Waals surface area contributed by atoms with Crippen molar-refractivity contribution in [2.45, 2.75) is 26.3 Å². The zero-order valence-corrected chi connectivity index (χ0v) is 13.5. The van der Waals surface area contributed by atoms with Crippen molar-refractivity contribution >= 4 is 23.5 Å². The fourth-order valence-corrected chi connectivity index (χ4v) is 2.54. The summed E-state index contributed by atoms with van der Waals surface area (Å²) in [5.41, 5.74) is 0.130. The minimum Gasteiger partial charge on any atom is -0.406 e. The second-order valence-electron chi connectivity index (χ2n) is 5.68. The Kier molecular flexibility index (Phi) is 4.53. The second kappa shape index (κ2) is 6.65. The van der Waals surface area contributed by atoms with Crippen LogP contribution in [0.2, 0.25) is 0 Å². The Bertz CT molecular complexity index is 849. The number of rotatable bonds is 4. The molecule has 26 heavy (non-hydrogen) atoms. The molecule has 2 aromatic rings. The highest BCUT2D eigenvalue weighted by molar-refractivity contribution is 5.98. The van der Waals surface area contributed by atoms with E-state index in [1.807, 2.05) is 0 Å². The van der Waals surface area contributed by atoms with Crippen LogP contribution >= 0.6 is 0 Å². The lowest BCUT2D eigenvalue weighted by molar-refractivity contribution is -0.274. The summed E-state index contributed by atoms with van der Waals surface area (Å²) < 4.78 is 42.0. The molecule has 1 aromatic heterocycles. The van der Waals surface area contributed by atoms with Crippen LogP contribution in [0.5, 0.6) is 5.75 Å².